The van der Waals surface area contributed by atoms with Gasteiger partial charge >= 0.3 is 0 Å². The zero-order valence-electron chi connectivity index (χ0n) is 9.88. The fraction of sp³-hybridized carbons (Fsp3) is 0.909. The van der Waals surface area contributed by atoms with Gasteiger partial charge in [0.15, 0.2) is 5.11 Å². The number of hydrogen-bond donors (Lipinski definition) is 2. The largest absolute Gasteiger partial charge is 0.363 e. The lowest BCUT2D eigenvalue weighted by Gasteiger charge is -2.23. The van der Waals surface area contributed by atoms with Gasteiger partial charge in [-0.25, -0.2) is 0 Å². The molecule has 1 heterocycles. The van der Waals surface area contributed by atoms with Gasteiger partial charge in [-0.2, -0.15) is 0 Å². The van der Waals surface area contributed by atoms with Gasteiger partial charge < -0.3 is 10.6 Å². The minimum absolute atomic E-state index is 0.677. The molecule has 1 rings (SSSR count). The zero-order chi connectivity index (χ0) is 11.1. The molecule has 0 aromatic rings. The van der Waals surface area contributed by atoms with Crippen molar-refractivity contribution in [2.45, 2.75) is 39.2 Å². The van der Waals surface area contributed by atoms with Gasteiger partial charge in [-0.3, -0.25) is 4.90 Å². The molecule has 3 nitrogen and oxygen atoms in total. The minimum atomic E-state index is 0.677. The van der Waals surface area contributed by atoms with Crippen molar-refractivity contribution in [3.63, 3.8) is 0 Å². The maximum atomic E-state index is 5.19. The van der Waals surface area contributed by atoms with Crippen LogP contribution in [0.25, 0.3) is 0 Å². The maximum absolute atomic E-state index is 5.19. The Morgan fingerprint density at radius 3 is 2.87 bits per heavy atom. The lowest BCUT2D eigenvalue weighted by atomic mass is 10.2. The average molecular weight is 229 g/mol. The molecule has 1 aliphatic heterocycles. The molecule has 0 bridgehead atoms. The number of likely N-dealkylation sites (tertiary alicyclic amines) is 1. The number of likely N-dealkylation sites (N-methyl/N-ethyl adjacent to an activating group) is 1. The van der Waals surface area contributed by atoms with Gasteiger partial charge in [-0.05, 0) is 44.6 Å². The summed E-state index contributed by atoms with van der Waals surface area (Å²) < 4.78 is 0. The molecule has 0 radical (unpaired) electrons. The van der Waals surface area contributed by atoms with Crippen molar-refractivity contribution in [2.75, 3.05) is 26.2 Å². The van der Waals surface area contributed by atoms with Crippen LogP contribution in [0.15, 0.2) is 0 Å². The summed E-state index contributed by atoms with van der Waals surface area (Å²) in [7, 11) is 0. The van der Waals surface area contributed by atoms with Crippen LogP contribution < -0.4 is 10.6 Å². The molecule has 15 heavy (non-hydrogen) atoms. The molecule has 0 amide bonds. The van der Waals surface area contributed by atoms with E-state index in [-0.39, 0.29) is 0 Å². The molecule has 1 fully saturated rings. The summed E-state index contributed by atoms with van der Waals surface area (Å²) >= 11 is 5.19. The predicted molar refractivity (Wildman–Crippen MR) is 69.2 cm³/mol. The van der Waals surface area contributed by atoms with E-state index in [1.165, 1.54) is 19.4 Å². The summed E-state index contributed by atoms with van der Waals surface area (Å²) in [6.07, 6.45) is 3.75. The van der Waals surface area contributed by atoms with Crippen LogP contribution in [0, 0.1) is 0 Å². The number of thiocarbonyl (C=S) groups is 1. The SMILES string of the molecule is CCCNC(=S)NCC1CCCN1CC. The van der Waals surface area contributed by atoms with Crippen molar-refractivity contribution < 1.29 is 0 Å². The van der Waals surface area contributed by atoms with E-state index in [0.717, 1.165) is 31.2 Å². The molecule has 2 N–H and O–H groups in total. The van der Waals surface area contributed by atoms with Crippen molar-refractivity contribution in [3.8, 4) is 0 Å². The highest BCUT2D eigenvalue weighted by atomic mass is 32.1. The topological polar surface area (TPSA) is 27.3 Å². The van der Waals surface area contributed by atoms with E-state index in [9.17, 15) is 0 Å². The standard InChI is InChI=1S/C11H23N3S/c1-3-7-12-11(15)13-9-10-6-5-8-14(10)4-2/h10H,3-9H2,1-2H3,(H2,12,13,15). The Bertz CT molecular complexity index is 196. The third-order valence-corrected chi connectivity index (χ3v) is 3.23. The molecule has 1 aliphatic rings. The highest BCUT2D eigenvalue weighted by molar-refractivity contribution is 7.80. The minimum Gasteiger partial charge on any atom is -0.363 e. The van der Waals surface area contributed by atoms with E-state index in [4.69, 9.17) is 12.2 Å². The number of nitrogens with zero attached hydrogens (tertiary/aromatic N) is 1. The second-order valence-corrected chi connectivity index (χ2v) is 4.47. The van der Waals surface area contributed by atoms with Gasteiger partial charge in [0, 0.05) is 19.1 Å². The monoisotopic (exact) mass is 229 g/mol. The van der Waals surface area contributed by atoms with Crippen LogP contribution in [0.3, 0.4) is 0 Å². The lowest BCUT2D eigenvalue weighted by Crippen LogP contribution is -2.43. The number of hydrogen-bond acceptors (Lipinski definition) is 2. The molecule has 1 saturated heterocycles. The van der Waals surface area contributed by atoms with Gasteiger partial charge in [0.25, 0.3) is 0 Å². The normalized spacial score (nSPS) is 21.6. The van der Waals surface area contributed by atoms with E-state index >= 15 is 0 Å². The van der Waals surface area contributed by atoms with Gasteiger partial charge in [0.2, 0.25) is 0 Å². The molecule has 0 saturated carbocycles. The Hall–Kier alpha value is -0.350. The van der Waals surface area contributed by atoms with Crippen LogP contribution in [0.4, 0.5) is 0 Å². The Kier molecular flexibility index (Phi) is 5.95. The maximum Gasteiger partial charge on any atom is 0.166 e. The Morgan fingerprint density at radius 2 is 2.20 bits per heavy atom. The first-order valence-corrected chi connectivity index (χ1v) is 6.44. The molecule has 4 heteroatoms. The van der Waals surface area contributed by atoms with Crippen LogP contribution in [0.5, 0.6) is 0 Å². The first-order chi connectivity index (χ1) is 7.27. The predicted octanol–water partition coefficient (Wildman–Crippen LogP) is 1.34. The van der Waals surface area contributed by atoms with E-state index in [1.807, 2.05) is 0 Å². The second kappa shape index (κ2) is 7.01. The summed E-state index contributed by atoms with van der Waals surface area (Å²) in [5.41, 5.74) is 0. The van der Waals surface area contributed by atoms with Crippen LogP contribution in [0.2, 0.25) is 0 Å². The molecule has 88 valence electrons. The molecule has 1 unspecified atom stereocenters. The Balaban J connectivity index is 2.15. The molecule has 0 aliphatic carbocycles. The van der Waals surface area contributed by atoms with Gasteiger partial charge in [0.05, 0.1) is 0 Å². The number of nitrogens with one attached hydrogen (secondary N) is 2. The highest BCUT2D eigenvalue weighted by Crippen LogP contribution is 2.15. The molecular formula is C11H23N3S. The summed E-state index contributed by atoms with van der Waals surface area (Å²) in [5.74, 6) is 0. The molecule has 0 aromatic carbocycles. The first kappa shape index (κ1) is 12.7. The molecule has 0 spiro atoms. The third-order valence-electron chi connectivity index (χ3n) is 2.94. The fourth-order valence-corrected chi connectivity index (χ4v) is 2.24. The summed E-state index contributed by atoms with van der Waals surface area (Å²) in [4.78, 5) is 2.52. The van der Waals surface area contributed by atoms with Crippen LogP contribution in [-0.2, 0) is 0 Å². The zero-order valence-corrected chi connectivity index (χ0v) is 10.7. The van der Waals surface area contributed by atoms with E-state index < -0.39 is 0 Å². The Labute approximate surface area is 98.6 Å². The van der Waals surface area contributed by atoms with Crippen LogP contribution >= 0.6 is 12.2 Å². The summed E-state index contributed by atoms with van der Waals surface area (Å²) in [6.45, 7) is 8.73. The first-order valence-electron chi connectivity index (χ1n) is 6.03. The lowest BCUT2D eigenvalue weighted by molar-refractivity contribution is 0.267. The van der Waals surface area contributed by atoms with Crippen molar-refractivity contribution >= 4 is 17.3 Å². The van der Waals surface area contributed by atoms with Gasteiger partial charge in [-0.15, -0.1) is 0 Å². The second-order valence-electron chi connectivity index (χ2n) is 4.06. The summed E-state index contributed by atoms with van der Waals surface area (Å²) in [5, 5.41) is 7.30. The number of rotatable bonds is 5. The van der Waals surface area contributed by atoms with Crippen molar-refractivity contribution in [2.24, 2.45) is 0 Å². The Morgan fingerprint density at radius 1 is 1.40 bits per heavy atom. The van der Waals surface area contributed by atoms with Gasteiger partial charge in [0.1, 0.15) is 0 Å². The van der Waals surface area contributed by atoms with Crippen molar-refractivity contribution in [3.05, 3.63) is 0 Å². The highest BCUT2D eigenvalue weighted by Gasteiger charge is 2.22. The van der Waals surface area contributed by atoms with E-state index in [2.05, 4.69) is 29.4 Å². The van der Waals surface area contributed by atoms with Crippen molar-refractivity contribution in [1.82, 2.24) is 15.5 Å². The van der Waals surface area contributed by atoms with E-state index in [0.29, 0.717) is 6.04 Å². The van der Waals surface area contributed by atoms with Crippen LogP contribution in [-0.4, -0.2) is 42.2 Å². The third kappa shape index (κ3) is 4.34. The summed E-state index contributed by atoms with van der Waals surface area (Å²) in [6, 6.07) is 0.677. The van der Waals surface area contributed by atoms with Crippen molar-refractivity contribution in [1.29, 1.82) is 0 Å². The fourth-order valence-electron chi connectivity index (χ4n) is 2.05. The smallest absolute Gasteiger partial charge is 0.166 e. The average Bonchev–Trinajstić information content (AvgIpc) is 2.70. The molecule has 0 aromatic heterocycles. The van der Waals surface area contributed by atoms with E-state index in [1.54, 1.807) is 0 Å². The van der Waals surface area contributed by atoms with Crippen LogP contribution in [0.1, 0.15) is 33.1 Å². The molecule has 1 atom stereocenters. The molecular weight excluding hydrogens is 206 g/mol. The van der Waals surface area contributed by atoms with Gasteiger partial charge in [-0.1, -0.05) is 13.8 Å². The quantitative estimate of drug-likeness (QED) is 0.696.